The zero-order valence-corrected chi connectivity index (χ0v) is 17.1. The molecule has 0 aromatic heterocycles. The molecule has 1 aliphatic carbocycles. The van der Waals surface area contributed by atoms with Crippen LogP contribution >= 0.6 is 0 Å². The van der Waals surface area contributed by atoms with Crippen LogP contribution in [0.4, 0.5) is 26.3 Å². The lowest BCUT2D eigenvalue weighted by atomic mass is 9.78. The van der Waals surface area contributed by atoms with Crippen LogP contribution in [-0.2, 0) is 6.42 Å². The van der Waals surface area contributed by atoms with Gasteiger partial charge in [-0.2, -0.15) is 0 Å². The van der Waals surface area contributed by atoms with E-state index >= 15 is 4.39 Å². The van der Waals surface area contributed by atoms with Gasteiger partial charge in [-0.1, -0.05) is 51.5 Å². The molecule has 0 radical (unpaired) electrons. The third-order valence-electron chi connectivity index (χ3n) is 5.72. The summed E-state index contributed by atoms with van der Waals surface area (Å²) in [6, 6.07) is -3.88. The molecule has 2 aromatic carbocycles. The fourth-order valence-corrected chi connectivity index (χ4v) is 4.19. The highest BCUT2D eigenvalue weighted by Crippen LogP contribution is 2.35. The van der Waals surface area contributed by atoms with Crippen molar-refractivity contribution >= 4 is 0 Å². The molecule has 0 aliphatic heterocycles. The molecule has 1 nitrogen and oxygen atoms in total. The molecule has 2 aromatic rings. The van der Waals surface area contributed by atoms with E-state index in [0.29, 0.717) is 18.3 Å². The average Bonchev–Trinajstić information content (AvgIpc) is 2.79. The Morgan fingerprint density at radius 3 is 2.19 bits per heavy atom. The van der Waals surface area contributed by atoms with Gasteiger partial charge in [-0.05, 0) is 60.0 Å². The molecule has 170 valence electrons. The Morgan fingerprint density at radius 2 is 1.58 bits per heavy atom. The minimum Gasteiger partial charge on any atom is -0.403 e. The van der Waals surface area contributed by atoms with Crippen molar-refractivity contribution in [1.29, 1.82) is 0 Å². The molecule has 1 fully saturated rings. The molecular formula is C24H26F6O. The third-order valence-corrected chi connectivity index (χ3v) is 5.72. The van der Waals surface area contributed by atoms with Gasteiger partial charge in [0.05, 0.1) is 11.0 Å². The SMILES string of the molecule is [2H]c1c(CCC2CCC(CCC)CC2)cc(F)c(-c2c([2H])c([2H])c(OC(F)(F)F)c(F)c2[2H])c1F. The van der Waals surface area contributed by atoms with Crippen molar-refractivity contribution in [2.45, 2.75) is 64.7 Å². The van der Waals surface area contributed by atoms with Gasteiger partial charge in [0.2, 0.25) is 0 Å². The van der Waals surface area contributed by atoms with Gasteiger partial charge in [0.25, 0.3) is 0 Å². The van der Waals surface area contributed by atoms with Crippen molar-refractivity contribution in [1.82, 2.24) is 0 Å². The molecule has 7 heteroatoms. The minimum atomic E-state index is -5.40. The first-order chi connectivity index (χ1) is 16.4. The maximum Gasteiger partial charge on any atom is 0.573 e. The van der Waals surface area contributed by atoms with E-state index < -0.39 is 64.9 Å². The maximum absolute atomic E-state index is 15.1. The maximum atomic E-state index is 15.1. The number of hydrogen-bond acceptors (Lipinski definition) is 1. The van der Waals surface area contributed by atoms with Crippen LogP contribution in [-0.4, -0.2) is 6.36 Å². The van der Waals surface area contributed by atoms with Gasteiger partial charge in [-0.15, -0.1) is 13.2 Å². The summed E-state index contributed by atoms with van der Waals surface area (Å²) in [4.78, 5) is 0. The van der Waals surface area contributed by atoms with E-state index in [9.17, 15) is 22.0 Å². The highest BCUT2D eigenvalue weighted by Gasteiger charge is 2.32. The van der Waals surface area contributed by atoms with Gasteiger partial charge in [0.15, 0.2) is 11.6 Å². The van der Waals surface area contributed by atoms with Gasteiger partial charge in [-0.3, -0.25) is 0 Å². The molecule has 31 heavy (non-hydrogen) atoms. The lowest BCUT2D eigenvalue weighted by Gasteiger charge is -2.28. The number of hydrogen-bond donors (Lipinski definition) is 0. The van der Waals surface area contributed by atoms with Gasteiger partial charge < -0.3 is 4.74 Å². The van der Waals surface area contributed by atoms with E-state index in [4.69, 9.17) is 5.48 Å². The Balaban J connectivity index is 1.90. The van der Waals surface area contributed by atoms with Crippen LogP contribution in [0.1, 0.15) is 62.9 Å². The molecular weight excluding hydrogens is 418 g/mol. The molecule has 0 spiro atoms. The van der Waals surface area contributed by atoms with Crippen LogP contribution in [0.3, 0.4) is 0 Å². The number of ether oxygens (including phenoxy) is 1. The molecule has 1 saturated carbocycles. The van der Waals surface area contributed by atoms with Gasteiger partial charge in [-0.25, -0.2) is 13.2 Å². The normalized spacial score (nSPS) is 21.3. The first-order valence-corrected chi connectivity index (χ1v) is 10.4. The fraction of sp³-hybridized carbons (Fsp3) is 0.500. The Labute approximate surface area is 184 Å². The van der Waals surface area contributed by atoms with Crippen molar-refractivity contribution in [2.75, 3.05) is 0 Å². The lowest BCUT2D eigenvalue weighted by Crippen LogP contribution is -2.17. The zero-order chi connectivity index (χ0) is 26.1. The summed E-state index contributed by atoms with van der Waals surface area (Å²) in [7, 11) is 0. The summed E-state index contributed by atoms with van der Waals surface area (Å²) in [6.07, 6.45) is 1.97. The summed E-state index contributed by atoms with van der Waals surface area (Å²) in [5, 5.41) is 0. The zero-order valence-electron chi connectivity index (χ0n) is 21.1. The number of aryl methyl sites for hydroxylation is 1. The molecule has 0 amide bonds. The highest BCUT2D eigenvalue weighted by molar-refractivity contribution is 5.66. The second kappa shape index (κ2) is 9.96. The lowest BCUT2D eigenvalue weighted by molar-refractivity contribution is -0.275. The standard InChI is InChI=1S/C24H26F6O/c1-2-3-15-4-6-16(7-5-15)8-9-17-12-20(26)23(21(27)13-17)18-10-11-22(19(25)14-18)31-24(28,29)30/h10-16H,2-9H2,1H3/i10D,11D,12D,14D. The van der Waals surface area contributed by atoms with Crippen LogP contribution in [0.15, 0.2) is 30.2 Å². The Bertz CT molecular complexity index is 1050. The molecule has 0 bridgehead atoms. The summed E-state index contributed by atoms with van der Waals surface area (Å²) >= 11 is 0. The minimum absolute atomic E-state index is 0.0705. The van der Waals surface area contributed by atoms with Crippen molar-refractivity contribution in [3.05, 3.63) is 53.3 Å². The molecule has 0 heterocycles. The number of alkyl halides is 3. The van der Waals surface area contributed by atoms with Gasteiger partial charge >= 0.3 is 6.36 Å². The number of halogens is 6. The van der Waals surface area contributed by atoms with Crippen LogP contribution < -0.4 is 4.74 Å². The van der Waals surface area contributed by atoms with Crippen LogP contribution in [0, 0.1) is 29.3 Å². The molecule has 1 aliphatic rings. The summed E-state index contributed by atoms with van der Waals surface area (Å²) in [5.74, 6) is -5.39. The van der Waals surface area contributed by atoms with E-state index in [1.165, 1.54) is 6.42 Å². The first kappa shape index (κ1) is 18.4. The van der Waals surface area contributed by atoms with E-state index in [1.54, 1.807) is 0 Å². The summed E-state index contributed by atoms with van der Waals surface area (Å²) in [5.41, 5.74) is -2.08. The predicted octanol–water partition coefficient (Wildman–Crippen LogP) is 8.21. The Morgan fingerprint density at radius 1 is 0.935 bits per heavy atom. The van der Waals surface area contributed by atoms with Crippen molar-refractivity contribution < 1.29 is 36.6 Å². The second-order valence-corrected chi connectivity index (χ2v) is 7.99. The largest absolute Gasteiger partial charge is 0.573 e. The van der Waals surface area contributed by atoms with Crippen molar-refractivity contribution in [2.24, 2.45) is 11.8 Å². The Hall–Kier alpha value is -2.18. The molecule has 0 unspecified atom stereocenters. The highest BCUT2D eigenvalue weighted by atomic mass is 19.4. The Kier molecular flexibility index (Phi) is 5.91. The van der Waals surface area contributed by atoms with Crippen LogP contribution in [0.5, 0.6) is 5.75 Å². The number of rotatable bonds is 7. The quantitative estimate of drug-likeness (QED) is 0.388. The van der Waals surface area contributed by atoms with Crippen molar-refractivity contribution in [3.63, 3.8) is 0 Å². The molecule has 0 saturated heterocycles. The van der Waals surface area contributed by atoms with Crippen LogP contribution in [0.25, 0.3) is 11.1 Å². The fourth-order valence-electron chi connectivity index (χ4n) is 4.19. The average molecular weight is 448 g/mol. The first-order valence-electron chi connectivity index (χ1n) is 12.4. The summed E-state index contributed by atoms with van der Waals surface area (Å²) in [6.45, 7) is 2.14. The van der Waals surface area contributed by atoms with Crippen molar-refractivity contribution in [3.8, 4) is 16.9 Å². The topological polar surface area (TPSA) is 9.23 Å². The van der Waals surface area contributed by atoms with Crippen LogP contribution in [0.2, 0.25) is 0 Å². The van der Waals surface area contributed by atoms with E-state index in [-0.39, 0.29) is 12.0 Å². The second-order valence-electron chi connectivity index (χ2n) is 7.99. The van der Waals surface area contributed by atoms with E-state index in [1.807, 2.05) is 0 Å². The predicted molar refractivity (Wildman–Crippen MR) is 107 cm³/mol. The summed E-state index contributed by atoms with van der Waals surface area (Å²) < 4.78 is 117. The molecule has 0 N–H and O–H groups in total. The monoisotopic (exact) mass is 448 g/mol. The van der Waals surface area contributed by atoms with Gasteiger partial charge in [0, 0.05) is 0 Å². The van der Waals surface area contributed by atoms with Gasteiger partial charge in [0.1, 0.15) is 11.6 Å². The van der Waals surface area contributed by atoms with E-state index in [0.717, 1.165) is 38.2 Å². The molecule has 3 rings (SSSR count). The third kappa shape index (κ3) is 6.40. The molecule has 0 atom stereocenters. The number of benzene rings is 2. The smallest absolute Gasteiger partial charge is 0.403 e. The van der Waals surface area contributed by atoms with E-state index in [2.05, 4.69) is 11.7 Å².